The van der Waals surface area contributed by atoms with E-state index in [9.17, 15) is 10.1 Å². The molecule has 0 bridgehead atoms. The Bertz CT molecular complexity index is 650. The Morgan fingerprint density at radius 1 is 1.45 bits per heavy atom. The molecule has 0 radical (unpaired) electrons. The first kappa shape index (κ1) is 12.5. The van der Waals surface area contributed by atoms with Crippen LogP contribution in [0.3, 0.4) is 0 Å². The van der Waals surface area contributed by atoms with E-state index in [4.69, 9.17) is 4.42 Å². The minimum Gasteiger partial charge on any atom is -0.423 e. The molecule has 1 aliphatic rings. The molecule has 0 aliphatic heterocycles. The smallest absolute Gasteiger partial charge is 0.311 e. The molecule has 1 fully saturated rings. The highest BCUT2D eigenvalue weighted by molar-refractivity contribution is 5.55. The van der Waals surface area contributed by atoms with Crippen molar-refractivity contribution in [3.8, 4) is 0 Å². The van der Waals surface area contributed by atoms with Crippen molar-refractivity contribution in [3.05, 3.63) is 39.7 Å². The molecule has 8 nitrogen and oxygen atoms in total. The van der Waals surface area contributed by atoms with E-state index in [2.05, 4.69) is 20.5 Å². The van der Waals surface area contributed by atoms with Gasteiger partial charge in [0, 0.05) is 17.7 Å². The van der Waals surface area contributed by atoms with Crippen molar-refractivity contribution in [2.24, 2.45) is 0 Å². The van der Waals surface area contributed by atoms with Crippen molar-refractivity contribution >= 4 is 11.5 Å². The Morgan fingerprint density at radius 2 is 2.25 bits per heavy atom. The summed E-state index contributed by atoms with van der Waals surface area (Å²) in [4.78, 5) is 14.6. The molecule has 0 unspecified atom stereocenters. The fourth-order valence-corrected chi connectivity index (χ4v) is 1.82. The number of nitrogens with one attached hydrogen (secondary N) is 1. The molecule has 104 valence electrons. The Balaban J connectivity index is 1.73. The van der Waals surface area contributed by atoms with E-state index in [1.165, 1.54) is 6.07 Å². The molecule has 1 N–H and O–H groups in total. The van der Waals surface area contributed by atoms with Crippen LogP contribution in [0.15, 0.2) is 16.5 Å². The van der Waals surface area contributed by atoms with Gasteiger partial charge in [0.15, 0.2) is 0 Å². The van der Waals surface area contributed by atoms with Crippen molar-refractivity contribution in [2.75, 3.05) is 5.32 Å². The minimum absolute atomic E-state index is 0.0717. The van der Waals surface area contributed by atoms with Gasteiger partial charge in [-0.2, -0.15) is 0 Å². The summed E-state index contributed by atoms with van der Waals surface area (Å²) in [6.45, 7) is 1.99. The lowest BCUT2D eigenvalue weighted by atomic mass is 10.3. The van der Waals surface area contributed by atoms with Crippen LogP contribution in [-0.4, -0.2) is 20.1 Å². The molecular weight excluding hydrogens is 262 g/mol. The number of hydrogen-bond acceptors (Lipinski definition) is 7. The average Bonchev–Trinajstić information content (AvgIpc) is 3.15. The summed E-state index contributed by atoms with van der Waals surface area (Å²) in [5, 5.41) is 21.7. The van der Waals surface area contributed by atoms with Gasteiger partial charge in [-0.05, 0) is 25.8 Å². The van der Waals surface area contributed by atoms with Crippen LogP contribution in [-0.2, 0) is 6.54 Å². The number of nitro groups is 1. The maximum Gasteiger partial charge on any atom is 0.311 e. The van der Waals surface area contributed by atoms with Crippen LogP contribution in [0, 0.1) is 17.0 Å². The van der Waals surface area contributed by atoms with E-state index in [-0.39, 0.29) is 18.1 Å². The van der Waals surface area contributed by atoms with Gasteiger partial charge in [0.05, 0.1) is 11.5 Å². The monoisotopic (exact) mass is 275 g/mol. The van der Waals surface area contributed by atoms with Crippen LogP contribution in [0.4, 0.5) is 11.5 Å². The van der Waals surface area contributed by atoms with E-state index in [1.807, 2.05) is 0 Å². The van der Waals surface area contributed by atoms with Crippen molar-refractivity contribution in [2.45, 2.75) is 32.2 Å². The van der Waals surface area contributed by atoms with Crippen LogP contribution in [0.25, 0.3) is 0 Å². The minimum atomic E-state index is -0.474. The lowest BCUT2D eigenvalue weighted by Crippen LogP contribution is -2.05. The summed E-state index contributed by atoms with van der Waals surface area (Å²) in [5.74, 6) is 1.65. The van der Waals surface area contributed by atoms with E-state index in [0.29, 0.717) is 23.4 Å². The molecule has 0 aromatic carbocycles. The molecule has 2 aromatic rings. The summed E-state index contributed by atoms with van der Waals surface area (Å²) in [6, 6.07) is 3.02. The Hall–Kier alpha value is -2.51. The predicted octanol–water partition coefficient (Wildman–Crippen LogP) is 2.17. The maximum atomic E-state index is 10.9. The molecule has 3 rings (SSSR count). The van der Waals surface area contributed by atoms with Gasteiger partial charge in [0.25, 0.3) is 0 Å². The quantitative estimate of drug-likeness (QED) is 0.658. The van der Waals surface area contributed by atoms with Gasteiger partial charge in [-0.15, -0.1) is 10.2 Å². The van der Waals surface area contributed by atoms with Crippen LogP contribution < -0.4 is 5.32 Å². The summed E-state index contributed by atoms with van der Waals surface area (Å²) in [5.41, 5.74) is 0.625. The number of anilines is 1. The van der Waals surface area contributed by atoms with Crippen LogP contribution in [0.5, 0.6) is 0 Å². The number of hydrogen-bond donors (Lipinski definition) is 1. The van der Waals surface area contributed by atoms with Crippen molar-refractivity contribution in [1.82, 2.24) is 15.2 Å². The number of nitrogens with zero attached hydrogens (tertiary/aromatic N) is 4. The second kappa shape index (κ2) is 4.87. The highest BCUT2D eigenvalue weighted by atomic mass is 16.6. The van der Waals surface area contributed by atoms with E-state index >= 15 is 0 Å². The van der Waals surface area contributed by atoms with Gasteiger partial charge in [0.1, 0.15) is 0 Å². The first-order valence-electron chi connectivity index (χ1n) is 6.31. The van der Waals surface area contributed by atoms with E-state index in [1.54, 1.807) is 13.0 Å². The Labute approximate surface area is 114 Å². The van der Waals surface area contributed by atoms with Crippen molar-refractivity contribution in [1.29, 1.82) is 0 Å². The highest BCUT2D eigenvalue weighted by Gasteiger charge is 2.29. The van der Waals surface area contributed by atoms with E-state index < -0.39 is 4.92 Å². The number of pyridine rings is 1. The fourth-order valence-electron chi connectivity index (χ4n) is 1.82. The van der Waals surface area contributed by atoms with Gasteiger partial charge in [0.2, 0.25) is 17.6 Å². The highest BCUT2D eigenvalue weighted by Crippen LogP contribution is 2.39. The molecule has 1 aliphatic carbocycles. The third-order valence-corrected chi connectivity index (χ3v) is 3.03. The van der Waals surface area contributed by atoms with Crippen molar-refractivity contribution < 1.29 is 9.34 Å². The zero-order valence-corrected chi connectivity index (χ0v) is 10.9. The fraction of sp³-hybridized carbons (Fsp3) is 0.417. The summed E-state index contributed by atoms with van der Waals surface area (Å²) < 4.78 is 5.48. The molecule has 20 heavy (non-hydrogen) atoms. The zero-order chi connectivity index (χ0) is 14.1. The summed E-state index contributed by atoms with van der Waals surface area (Å²) in [6.07, 6.45) is 2.17. The first-order valence-corrected chi connectivity index (χ1v) is 6.31. The number of aryl methyl sites for hydroxylation is 1. The predicted molar refractivity (Wildman–Crippen MR) is 69.2 cm³/mol. The second-order valence-electron chi connectivity index (χ2n) is 4.74. The molecule has 0 saturated heterocycles. The van der Waals surface area contributed by atoms with Gasteiger partial charge < -0.3 is 9.73 Å². The molecule has 2 aromatic heterocycles. The van der Waals surface area contributed by atoms with E-state index in [0.717, 1.165) is 12.8 Å². The largest absolute Gasteiger partial charge is 0.423 e. The molecule has 0 amide bonds. The Morgan fingerprint density at radius 3 is 2.95 bits per heavy atom. The van der Waals surface area contributed by atoms with Gasteiger partial charge in [-0.1, -0.05) is 0 Å². The molecule has 2 heterocycles. The van der Waals surface area contributed by atoms with Gasteiger partial charge in [-0.3, -0.25) is 10.1 Å². The lowest BCUT2D eigenvalue weighted by Gasteiger charge is -2.04. The molecule has 0 atom stereocenters. The third kappa shape index (κ3) is 2.58. The molecule has 1 saturated carbocycles. The normalized spacial score (nSPS) is 14.2. The molecule has 0 spiro atoms. The third-order valence-electron chi connectivity index (χ3n) is 3.03. The lowest BCUT2D eigenvalue weighted by molar-refractivity contribution is -0.384. The van der Waals surface area contributed by atoms with Crippen LogP contribution in [0.1, 0.15) is 36.2 Å². The maximum absolute atomic E-state index is 10.9. The topological polar surface area (TPSA) is 107 Å². The Kier molecular flexibility index (Phi) is 3.05. The number of rotatable bonds is 5. The standard InChI is InChI=1S/C12H13N5O3/c1-7-2-5-9(17(18)19)11(14-7)13-6-10-15-16-12(20-10)8-3-4-8/h2,5,8H,3-4,6H2,1H3,(H,13,14). The number of aromatic nitrogens is 3. The average molecular weight is 275 g/mol. The molecule has 8 heteroatoms. The first-order chi connectivity index (χ1) is 9.63. The second-order valence-corrected chi connectivity index (χ2v) is 4.74. The zero-order valence-electron chi connectivity index (χ0n) is 10.9. The summed E-state index contributed by atoms with van der Waals surface area (Å²) >= 11 is 0. The van der Waals surface area contributed by atoms with Crippen molar-refractivity contribution in [3.63, 3.8) is 0 Å². The SMILES string of the molecule is Cc1ccc([N+](=O)[O-])c(NCc2nnc(C3CC3)o2)n1. The van der Waals surface area contributed by atoms with Gasteiger partial charge >= 0.3 is 5.69 Å². The summed E-state index contributed by atoms with van der Waals surface area (Å²) in [7, 11) is 0. The molecular formula is C12H13N5O3. The van der Waals surface area contributed by atoms with Gasteiger partial charge in [-0.25, -0.2) is 4.98 Å². The van der Waals surface area contributed by atoms with Crippen LogP contribution in [0.2, 0.25) is 0 Å². The van der Waals surface area contributed by atoms with Crippen LogP contribution >= 0.6 is 0 Å².